The molecule has 110 valence electrons. The monoisotopic (exact) mass is 295 g/mol. The fraction of sp³-hybridized carbons (Fsp3) is 0.467. The number of carbonyl (C=O) groups excluding carboxylic acids is 1. The summed E-state index contributed by atoms with van der Waals surface area (Å²) in [5, 5.41) is 11.9. The molecule has 1 amide bonds. The van der Waals surface area contributed by atoms with Crippen LogP contribution in [-0.4, -0.2) is 35.0 Å². The van der Waals surface area contributed by atoms with Crippen LogP contribution in [0.15, 0.2) is 30.3 Å². The molecule has 20 heavy (non-hydrogen) atoms. The van der Waals surface area contributed by atoms with Gasteiger partial charge in [0.2, 0.25) is 5.91 Å². The molecule has 1 rings (SSSR count). The van der Waals surface area contributed by atoms with Crippen LogP contribution >= 0.6 is 11.8 Å². The number of unbranched alkanes of at least 4 members (excludes halogenated alkanes) is 1. The molecule has 1 aromatic carbocycles. The van der Waals surface area contributed by atoms with Gasteiger partial charge in [0, 0.05) is 6.54 Å². The number of hydrogen-bond acceptors (Lipinski definition) is 3. The highest BCUT2D eigenvalue weighted by molar-refractivity contribution is 7.99. The van der Waals surface area contributed by atoms with Crippen molar-refractivity contribution in [3.8, 4) is 0 Å². The Kier molecular flexibility index (Phi) is 7.80. The summed E-state index contributed by atoms with van der Waals surface area (Å²) in [5.41, 5.74) is 0.707. The van der Waals surface area contributed by atoms with Gasteiger partial charge in [0.1, 0.15) is 0 Å². The largest absolute Gasteiger partial charge is 0.481 e. The van der Waals surface area contributed by atoms with E-state index in [1.54, 1.807) is 36.0 Å². The Morgan fingerprint density at radius 1 is 1.30 bits per heavy atom. The van der Waals surface area contributed by atoms with Crippen LogP contribution in [-0.2, 0) is 9.59 Å². The van der Waals surface area contributed by atoms with Gasteiger partial charge in [0.15, 0.2) is 0 Å². The van der Waals surface area contributed by atoms with Crippen molar-refractivity contribution in [1.82, 2.24) is 5.32 Å². The Bertz CT molecular complexity index is 422. The maximum atomic E-state index is 11.6. The van der Waals surface area contributed by atoms with Crippen molar-refractivity contribution in [1.29, 1.82) is 0 Å². The Hall–Kier alpha value is -1.49. The molecule has 4 nitrogen and oxygen atoms in total. The first-order valence-electron chi connectivity index (χ1n) is 6.77. The van der Waals surface area contributed by atoms with Crippen LogP contribution in [0.1, 0.15) is 31.2 Å². The molecule has 0 heterocycles. The summed E-state index contributed by atoms with van der Waals surface area (Å²) in [6.45, 7) is 2.24. The van der Waals surface area contributed by atoms with Crippen molar-refractivity contribution in [2.75, 3.05) is 18.1 Å². The predicted octanol–water partition coefficient (Wildman–Crippen LogP) is 2.50. The standard InChI is InChI=1S/C15H21NO3S/c1-2-3-9-20-11-14(17)16-10-13(15(18)19)12-7-5-4-6-8-12/h4-8,13H,2-3,9-11H2,1H3,(H,16,17)(H,18,19). The van der Waals surface area contributed by atoms with Gasteiger partial charge in [-0.05, 0) is 17.7 Å². The van der Waals surface area contributed by atoms with Crippen molar-refractivity contribution in [2.45, 2.75) is 25.7 Å². The third-order valence-corrected chi connectivity index (χ3v) is 3.92. The molecule has 0 fully saturated rings. The highest BCUT2D eigenvalue weighted by Gasteiger charge is 2.20. The van der Waals surface area contributed by atoms with Crippen molar-refractivity contribution in [3.05, 3.63) is 35.9 Å². The first-order chi connectivity index (χ1) is 9.65. The smallest absolute Gasteiger partial charge is 0.312 e. The van der Waals surface area contributed by atoms with Crippen LogP contribution in [0.5, 0.6) is 0 Å². The lowest BCUT2D eigenvalue weighted by molar-refractivity contribution is -0.138. The number of carboxylic acid groups (broad SMARTS) is 1. The number of carboxylic acids is 1. The van der Waals surface area contributed by atoms with Gasteiger partial charge in [0.05, 0.1) is 11.7 Å². The highest BCUT2D eigenvalue weighted by atomic mass is 32.2. The molecule has 0 bridgehead atoms. The molecule has 0 saturated heterocycles. The maximum Gasteiger partial charge on any atom is 0.312 e. The second-order valence-electron chi connectivity index (χ2n) is 4.51. The van der Waals surface area contributed by atoms with Gasteiger partial charge in [0.25, 0.3) is 0 Å². The number of rotatable bonds is 9. The number of hydrogen-bond donors (Lipinski definition) is 2. The number of thioether (sulfide) groups is 1. The lowest BCUT2D eigenvalue weighted by atomic mass is 9.99. The Morgan fingerprint density at radius 3 is 2.60 bits per heavy atom. The van der Waals surface area contributed by atoms with Gasteiger partial charge in [-0.2, -0.15) is 11.8 Å². The van der Waals surface area contributed by atoms with E-state index in [1.165, 1.54) is 0 Å². The summed E-state index contributed by atoms with van der Waals surface area (Å²) in [6, 6.07) is 8.97. The summed E-state index contributed by atoms with van der Waals surface area (Å²) in [7, 11) is 0. The Labute approximate surface area is 124 Å². The van der Waals surface area contributed by atoms with Crippen molar-refractivity contribution in [3.63, 3.8) is 0 Å². The normalized spacial score (nSPS) is 11.8. The summed E-state index contributed by atoms with van der Waals surface area (Å²) < 4.78 is 0. The molecule has 1 unspecified atom stereocenters. The molecule has 2 N–H and O–H groups in total. The van der Waals surface area contributed by atoms with Gasteiger partial charge in [-0.15, -0.1) is 0 Å². The number of nitrogens with one attached hydrogen (secondary N) is 1. The number of carbonyl (C=O) groups is 2. The number of benzene rings is 1. The second-order valence-corrected chi connectivity index (χ2v) is 5.62. The molecule has 0 spiro atoms. The van der Waals surface area contributed by atoms with E-state index in [0.717, 1.165) is 18.6 Å². The SMILES string of the molecule is CCCCSCC(=O)NCC(C(=O)O)c1ccccc1. The predicted molar refractivity (Wildman–Crippen MR) is 82.1 cm³/mol. The van der Waals surface area contributed by atoms with Crippen LogP contribution in [0.4, 0.5) is 0 Å². The molecule has 0 saturated carbocycles. The van der Waals surface area contributed by atoms with Gasteiger partial charge in [-0.3, -0.25) is 9.59 Å². The van der Waals surface area contributed by atoms with Gasteiger partial charge >= 0.3 is 5.97 Å². The van der Waals surface area contributed by atoms with Gasteiger partial charge < -0.3 is 10.4 Å². The van der Waals surface area contributed by atoms with E-state index < -0.39 is 11.9 Å². The van der Waals surface area contributed by atoms with E-state index in [0.29, 0.717) is 11.3 Å². The fourth-order valence-electron chi connectivity index (χ4n) is 1.71. The molecule has 0 aromatic heterocycles. The minimum Gasteiger partial charge on any atom is -0.481 e. The van der Waals surface area contributed by atoms with E-state index >= 15 is 0 Å². The average molecular weight is 295 g/mol. The number of aliphatic carboxylic acids is 1. The van der Waals surface area contributed by atoms with E-state index in [-0.39, 0.29) is 12.5 Å². The minimum absolute atomic E-state index is 0.103. The highest BCUT2D eigenvalue weighted by Crippen LogP contribution is 2.14. The Morgan fingerprint density at radius 2 is 2.00 bits per heavy atom. The third kappa shape index (κ3) is 6.10. The minimum atomic E-state index is -0.921. The lowest BCUT2D eigenvalue weighted by Gasteiger charge is -2.13. The average Bonchev–Trinajstić information content (AvgIpc) is 2.44. The molecule has 0 aliphatic heterocycles. The van der Waals surface area contributed by atoms with Crippen LogP contribution in [0.2, 0.25) is 0 Å². The molecule has 0 radical (unpaired) electrons. The Balaban J connectivity index is 2.40. The molecule has 0 aliphatic carbocycles. The van der Waals surface area contributed by atoms with Crippen LogP contribution in [0.3, 0.4) is 0 Å². The van der Waals surface area contributed by atoms with Crippen LogP contribution in [0, 0.1) is 0 Å². The van der Waals surface area contributed by atoms with Crippen molar-refractivity contribution < 1.29 is 14.7 Å². The topological polar surface area (TPSA) is 66.4 Å². The van der Waals surface area contributed by atoms with Crippen LogP contribution < -0.4 is 5.32 Å². The van der Waals surface area contributed by atoms with Crippen molar-refractivity contribution in [2.24, 2.45) is 0 Å². The second kappa shape index (κ2) is 9.42. The zero-order valence-corrected chi connectivity index (χ0v) is 12.5. The summed E-state index contributed by atoms with van der Waals surface area (Å²) in [6.07, 6.45) is 2.21. The lowest BCUT2D eigenvalue weighted by Crippen LogP contribution is -2.32. The zero-order valence-electron chi connectivity index (χ0n) is 11.7. The van der Waals surface area contributed by atoms with Gasteiger partial charge in [-0.25, -0.2) is 0 Å². The van der Waals surface area contributed by atoms with E-state index in [1.807, 2.05) is 6.07 Å². The molecule has 0 aliphatic rings. The van der Waals surface area contributed by atoms with E-state index in [2.05, 4.69) is 12.2 Å². The first-order valence-corrected chi connectivity index (χ1v) is 7.92. The zero-order chi connectivity index (χ0) is 14.8. The molecular weight excluding hydrogens is 274 g/mol. The summed E-state index contributed by atoms with van der Waals surface area (Å²) in [5.74, 6) is -0.365. The molecular formula is C15H21NO3S. The van der Waals surface area contributed by atoms with Crippen LogP contribution in [0.25, 0.3) is 0 Å². The maximum absolute atomic E-state index is 11.6. The van der Waals surface area contributed by atoms with E-state index in [9.17, 15) is 14.7 Å². The quantitative estimate of drug-likeness (QED) is 0.687. The van der Waals surface area contributed by atoms with Gasteiger partial charge in [-0.1, -0.05) is 43.7 Å². The molecule has 1 aromatic rings. The molecule has 5 heteroatoms. The first kappa shape index (κ1) is 16.6. The summed E-state index contributed by atoms with van der Waals surface area (Å²) >= 11 is 1.58. The van der Waals surface area contributed by atoms with E-state index in [4.69, 9.17) is 0 Å². The summed E-state index contributed by atoms with van der Waals surface area (Å²) in [4.78, 5) is 22.9. The number of amides is 1. The van der Waals surface area contributed by atoms with Crippen molar-refractivity contribution >= 4 is 23.6 Å². The fourth-order valence-corrected chi connectivity index (χ4v) is 2.64. The third-order valence-electron chi connectivity index (χ3n) is 2.88. The molecule has 1 atom stereocenters.